The molecule has 0 bridgehead atoms. The Labute approximate surface area is 178 Å². The number of sulfone groups is 1. The number of fused-ring (bicyclic) bond motifs is 2. The van der Waals surface area contributed by atoms with E-state index in [2.05, 4.69) is 0 Å². The molecule has 0 aliphatic carbocycles. The number of thiazole rings is 1. The minimum atomic E-state index is -3.34. The summed E-state index contributed by atoms with van der Waals surface area (Å²) in [5, 5.41) is 1.57. The molecule has 154 valence electrons. The number of hydrogen-bond donors (Lipinski definition) is 0. The number of para-hydroxylation sites is 2. The third kappa shape index (κ3) is 3.40. The molecule has 5 rings (SSSR count). The predicted octanol–water partition coefficient (Wildman–Crippen LogP) is 4.56. The quantitative estimate of drug-likeness (QED) is 0.465. The number of hydrogen-bond acceptors (Lipinski definition) is 6. The van der Waals surface area contributed by atoms with E-state index >= 15 is 0 Å². The van der Waals surface area contributed by atoms with Crippen molar-refractivity contribution >= 4 is 48.3 Å². The summed E-state index contributed by atoms with van der Waals surface area (Å²) in [5.74, 6) is -0.383. The lowest BCUT2D eigenvalue weighted by atomic mass is 10.1. The number of amides is 1. The number of rotatable bonds is 4. The lowest BCUT2D eigenvalue weighted by Gasteiger charge is -2.22. The van der Waals surface area contributed by atoms with Gasteiger partial charge in [0.1, 0.15) is 10.6 Å². The highest BCUT2D eigenvalue weighted by Gasteiger charge is 2.36. The average Bonchev–Trinajstić information content (AvgIpc) is 3.43. The van der Waals surface area contributed by atoms with Crippen LogP contribution in [0.1, 0.15) is 40.0 Å². The van der Waals surface area contributed by atoms with Gasteiger partial charge in [-0.2, -0.15) is 0 Å². The molecule has 3 heterocycles. The predicted molar refractivity (Wildman–Crippen MR) is 117 cm³/mol. The molecule has 1 aliphatic rings. The summed E-state index contributed by atoms with van der Waals surface area (Å²) in [6.07, 6.45) is 2.87. The van der Waals surface area contributed by atoms with Gasteiger partial charge in [-0.15, -0.1) is 11.3 Å². The van der Waals surface area contributed by atoms with Crippen LogP contribution in [0.3, 0.4) is 0 Å². The van der Waals surface area contributed by atoms with Crippen LogP contribution in [-0.2, 0) is 15.6 Å². The van der Waals surface area contributed by atoms with Crippen molar-refractivity contribution < 1.29 is 17.6 Å². The molecular formula is C22H20N2O4S2. The number of furan rings is 1. The molecule has 30 heavy (non-hydrogen) atoms. The van der Waals surface area contributed by atoms with Gasteiger partial charge in [0.15, 0.2) is 15.6 Å². The van der Waals surface area contributed by atoms with Gasteiger partial charge in [-0.05, 0) is 31.0 Å². The third-order valence-corrected chi connectivity index (χ3v) is 7.36. The van der Waals surface area contributed by atoms with Gasteiger partial charge in [0.05, 0.1) is 22.0 Å². The Bertz CT molecular complexity index is 1340. The molecule has 6 nitrogen and oxygen atoms in total. The Balaban J connectivity index is 1.56. The molecule has 1 aliphatic heterocycles. The second kappa shape index (κ2) is 7.21. The van der Waals surface area contributed by atoms with Crippen molar-refractivity contribution in [3.05, 3.63) is 64.9 Å². The van der Waals surface area contributed by atoms with Crippen LogP contribution in [0.2, 0.25) is 0 Å². The maximum atomic E-state index is 13.5. The largest absolute Gasteiger partial charge is 0.451 e. The molecule has 1 atom stereocenters. The molecule has 0 N–H and O–H groups in total. The Morgan fingerprint density at radius 2 is 1.97 bits per heavy atom. The smallest absolute Gasteiger partial charge is 0.290 e. The number of carbonyl (C=O) groups is 1. The van der Waals surface area contributed by atoms with E-state index in [0.29, 0.717) is 23.1 Å². The summed E-state index contributed by atoms with van der Waals surface area (Å²) in [5.41, 5.74) is 1.89. The number of benzene rings is 2. The average molecular weight is 441 g/mol. The number of aromatic nitrogens is 1. The Morgan fingerprint density at radius 3 is 2.77 bits per heavy atom. The first-order valence-electron chi connectivity index (χ1n) is 9.75. The van der Waals surface area contributed by atoms with E-state index in [1.165, 1.54) is 6.26 Å². The Hall–Kier alpha value is -2.71. The number of carbonyl (C=O) groups excluding carboxylic acids is 1. The number of nitrogens with zero attached hydrogens (tertiary/aromatic N) is 2. The molecule has 4 aromatic rings. The highest BCUT2D eigenvalue weighted by Crippen LogP contribution is 2.38. The molecule has 0 spiro atoms. The second-order valence-electron chi connectivity index (χ2n) is 7.65. The van der Waals surface area contributed by atoms with Crippen LogP contribution in [0.4, 0.5) is 0 Å². The molecule has 1 saturated heterocycles. The van der Waals surface area contributed by atoms with E-state index in [1.54, 1.807) is 28.4 Å². The van der Waals surface area contributed by atoms with Crippen molar-refractivity contribution in [1.29, 1.82) is 0 Å². The van der Waals surface area contributed by atoms with E-state index in [0.717, 1.165) is 28.1 Å². The summed E-state index contributed by atoms with van der Waals surface area (Å²) < 4.78 is 31.1. The second-order valence-corrected chi connectivity index (χ2v) is 10.9. The van der Waals surface area contributed by atoms with Crippen LogP contribution in [-0.4, -0.2) is 37.0 Å². The van der Waals surface area contributed by atoms with Gasteiger partial charge in [0.25, 0.3) is 5.91 Å². The summed E-state index contributed by atoms with van der Waals surface area (Å²) in [6, 6.07) is 15.0. The van der Waals surface area contributed by atoms with Crippen molar-refractivity contribution in [3.8, 4) is 0 Å². The zero-order chi connectivity index (χ0) is 20.9. The fraction of sp³-hybridized carbons (Fsp3) is 0.273. The summed E-state index contributed by atoms with van der Waals surface area (Å²) in [6.45, 7) is 0.592. The van der Waals surface area contributed by atoms with Crippen molar-refractivity contribution in [3.63, 3.8) is 0 Å². The molecule has 1 fully saturated rings. The van der Waals surface area contributed by atoms with Crippen molar-refractivity contribution in [1.82, 2.24) is 9.88 Å². The SMILES string of the molecule is CS(=O)(=O)Cc1c(C(=O)N2CCCC2c2nc3ccccc3s2)oc2ccccc12. The minimum Gasteiger partial charge on any atom is -0.451 e. The molecule has 0 radical (unpaired) electrons. The maximum absolute atomic E-state index is 13.5. The van der Waals surface area contributed by atoms with E-state index < -0.39 is 9.84 Å². The van der Waals surface area contributed by atoms with Crippen molar-refractivity contribution in [2.75, 3.05) is 12.8 Å². The normalized spacial score (nSPS) is 17.2. The van der Waals surface area contributed by atoms with E-state index in [4.69, 9.17) is 9.40 Å². The van der Waals surface area contributed by atoms with Gasteiger partial charge < -0.3 is 9.32 Å². The van der Waals surface area contributed by atoms with Crippen LogP contribution in [0, 0.1) is 0 Å². The highest BCUT2D eigenvalue weighted by atomic mass is 32.2. The van der Waals surface area contributed by atoms with Gasteiger partial charge >= 0.3 is 0 Å². The van der Waals surface area contributed by atoms with Gasteiger partial charge in [-0.25, -0.2) is 13.4 Å². The lowest BCUT2D eigenvalue weighted by molar-refractivity contribution is 0.0704. The molecule has 2 aromatic heterocycles. The first-order valence-corrected chi connectivity index (χ1v) is 12.6. The minimum absolute atomic E-state index is 0.120. The fourth-order valence-corrected chi connectivity index (χ4v) is 6.03. The van der Waals surface area contributed by atoms with Gasteiger partial charge in [-0.3, -0.25) is 4.79 Å². The lowest BCUT2D eigenvalue weighted by Crippen LogP contribution is -2.31. The van der Waals surface area contributed by atoms with E-state index in [9.17, 15) is 13.2 Å². The molecule has 1 amide bonds. The highest BCUT2D eigenvalue weighted by molar-refractivity contribution is 7.89. The molecule has 2 aromatic carbocycles. The van der Waals surface area contributed by atoms with Crippen LogP contribution >= 0.6 is 11.3 Å². The summed E-state index contributed by atoms with van der Waals surface area (Å²) in [4.78, 5) is 20.1. The topological polar surface area (TPSA) is 80.5 Å². The first kappa shape index (κ1) is 19.3. The van der Waals surface area contributed by atoms with Crippen LogP contribution in [0.25, 0.3) is 21.2 Å². The zero-order valence-corrected chi connectivity index (χ0v) is 18.0. The monoisotopic (exact) mass is 440 g/mol. The van der Waals surface area contributed by atoms with Gasteiger partial charge in [-0.1, -0.05) is 30.3 Å². The van der Waals surface area contributed by atoms with Crippen molar-refractivity contribution in [2.45, 2.75) is 24.6 Å². The fourth-order valence-electron chi connectivity index (χ4n) is 4.11. The molecular weight excluding hydrogens is 420 g/mol. The Kier molecular flexibility index (Phi) is 4.63. The van der Waals surface area contributed by atoms with Crippen LogP contribution in [0.5, 0.6) is 0 Å². The summed E-state index contributed by atoms with van der Waals surface area (Å²) in [7, 11) is -3.34. The molecule has 0 saturated carbocycles. The Morgan fingerprint density at radius 1 is 1.20 bits per heavy atom. The van der Waals surface area contributed by atoms with Crippen LogP contribution < -0.4 is 0 Å². The maximum Gasteiger partial charge on any atom is 0.290 e. The van der Waals surface area contributed by atoms with E-state index in [-0.39, 0.29) is 23.5 Å². The first-order chi connectivity index (χ1) is 14.4. The van der Waals surface area contributed by atoms with Crippen LogP contribution in [0.15, 0.2) is 52.9 Å². The standard InChI is InChI=1S/C22H20N2O4S2/c1-30(26,27)13-15-14-7-2-4-10-18(14)28-20(15)22(25)24-12-6-9-17(24)21-23-16-8-3-5-11-19(16)29-21/h2-5,7-8,10-11,17H,6,9,12-13H2,1H3. The molecule has 8 heteroatoms. The summed E-state index contributed by atoms with van der Waals surface area (Å²) >= 11 is 1.60. The molecule has 1 unspecified atom stereocenters. The van der Waals surface area contributed by atoms with Gasteiger partial charge in [0.2, 0.25) is 0 Å². The zero-order valence-electron chi connectivity index (χ0n) is 16.4. The van der Waals surface area contributed by atoms with Gasteiger partial charge in [0, 0.05) is 23.8 Å². The third-order valence-electron chi connectivity index (χ3n) is 5.41. The van der Waals surface area contributed by atoms with E-state index in [1.807, 2.05) is 36.4 Å². The van der Waals surface area contributed by atoms with Crippen molar-refractivity contribution in [2.24, 2.45) is 0 Å². The number of likely N-dealkylation sites (tertiary alicyclic amines) is 1.